The number of nitrogens with zero attached hydrogens (tertiary/aromatic N) is 5. The molecule has 1 atom stereocenters. The fraction of sp³-hybridized carbons (Fsp3) is 0.300. The summed E-state index contributed by atoms with van der Waals surface area (Å²) in [5, 5.41) is 4.56. The molecule has 0 radical (unpaired) electrons. The number of aromatic nitrogens is 4. The largest absolute Gasteiger partial charge is 0.368 e. The third-order valence-electron chi connectivity index (χ3n) is 5.04. The Morgan fingerprint density at radius 1 is 1.25 bits per heavy atom. The summed E-state index contributed by atoms with van der Waals surface area (Å²) < 4.78 is 3.65. The van der Waals surface area contributed by atoms with Crippen LogP contribution in [0.5, 0.6) is 0 Å². The molecule has 28 heavy (non-hydrogen) atoms. The number of hydrogen-bond acceptors (Lipinski definition) is 4. The molecule has 2 N–H and O–H groups in total. The molecular formula is C20H22N6O2. The van der Waals surface area contributed by atoms with Crippen LogP contribution in [0.4, 0.5) is 0 Å². The van der Waals surface area contributed by atoms with Crippen molar-refractivity contribution in [2.45, 2.75) is 25.8 Å². The molecule has 3 aromatic heterocycles. The topological polar surface area (TPSA) is 99.0 Å². The number of pyridine rings is 1. The van der Waals surface area contributed by atoms with Crippen LogP contribution in [-0.2, 0) is 11.8 Å². The van der Waals surface area contributed by atoms with Crippen LogP contribution in [0.2, 0.25) is 0 Å². The Balaban J connectivity index is 1.78. The van der Waals surface area contributed by atoms with E-state index in [1.165, 1.54) is 4.90 Å². The fourth-order valence-electron chi connectivity index (χ4n) is 3.58. The van der Waals surface area contributed by atoms with E-state index in [2.05, 4.69) is 10.1 Å². The third kappa shape index (κ3) is 3.17. The molecule has 0 bridgehead atoms. The lowest BCUT2D eigenvalue weighted by Crippen LogP contribution is -2.43. The molecule has 1 aliphatic heterocycles. The van der Waals surface area contributed by atoms with Crippen molar-refractivity contribution in [3.8, 4) is 16.9 Å². The molecule has 4 heterocycles. The van der Waals surface area contributed by atoms with Gasteiger partial charge in [0, 0.05) is 37.2 Å². The SMILES string of the molecule is Cc1ccc(-n2nc(C(=O)N3CCC[C@H]3C(N)=O)cc2-c2ccn(C)c2)cn1. The summed E-state index contributed by atoms with van der Waals surface area (Å²) in [5.74, 6) is -0.756. The summed E-state index contributed by atoms with van der Waals surface area (Å²) in [6.45, 7) is 2.42. The summed E-state index contributed by atoms with van der Waals surface area (Å²) in [4.78, 5) is 30.6. The smallest absolute Gasteiger partial charge is 0.275 e. The van der Waals surface area contributed by atoms with Gasteiger partial charge in [0.05, 0.1) is 17.6 Å². The number of hydrogen-bond donors (Lipinski definition) is 1. The monoisotopic (exact) mass is 378 g/mol. The van der Waals surface area contributed by atoms with Gasteiger partial charge in [-0.2, -0.15) is 5.10 Å². The van der Waals surface area contributed by atoms with E-state index < -0.39 is 11.9 Å². The molecule has 0 saturated carbocycles. The lowest BCUT2D eigenvalue weighted by Gasteiger charge is -2.20. The van der Waals surface area contributed by atoms with Crippen molar-refractivity contribution in [2.75, 3.05) is 6.54 Å². The number of rotatable bonds is 4. The molecule has 8 heteroatoms. The van der Waals surface area contributed by atoms with Crippen molar-refractivity contribution < 1.29 is 9.59 Å². The molecule has 0 unspecified atom stereocenters. The van der Waals surface area contributed by atoms with Gasteiger partial charge < -0.3 is 15.2 Å². The van der Waals surface area contributed by atoms with Crippen LogP contribution in [0.25, 0.3) is 16.9 Å². The van der Waals surface area contributed by atoms with E-state index in [9.17, 15) is 9.59 Å². The third-order valence-corrected chi connectivity index (χ3v) is 5.04. The Morgan fingerprint density at radius 2 is 2.07 bits per heavy atom. The Bertz CT molecular complexity index is 1030. The molecule has 2 amide bonds. The molecule has 3 aromatic rings. The normalized spacial score (nSPS) is 16.5. The zero-order valence-corrected chi connectivity index (χ0v) is 15.9. The van der Waals surface area contributed by atoms with Crippen LogP contribution in [0, 0.1) is 6.92 Å². The summed E-state index contributed by atoms with van der Waals surface area (Å²) >= 11 is 0. The second-order valence-corrected chi connectivity index (χ2v) is 7.11. The average Bonchev–Trinajstić information content (AvgIpc) is 3.40. The van der Waals surface area contributed by atoms with Crippen molar-refractivity contribution in [3.63, 3.8) is 0 Å². The van der Waals surface area contributed by atoms with Crippen molar-refractivity contribution in [2.24, 2.45) is 12.8 Å². The van der Waals surface area contributed by atoms with Gasteiger partial charge in [0.25, 0.3) is 5.91 Å². The molecule has 0 spiro atoms. The maximum atomic E-state index is 13.1. The van der Waals surface area contributed by atoms with E-state index >= 15 is 0 Å². The van der Waals surface area contributed by atoms with Gasteiger partial charge in [0.15, 0.2) is 5.69 Å². The fourth-order valence-corrected chi connectivity index (χ4v) is 3.58. The first kappa shape index (κ1) is 18.0. The summed E-state index contributed by atoms with van der Waals surface area (Å²) in [5.41, 5.74) is 9.13. The molecule has 0 aromatic carbocycles. The second-order valence-electron chi connectivity index (χ2n) is 7.11. The van der Waals surface area contributed by atoms with Crippen LogP contribution >= 0.6 is 0 Å². The first-order valence-corrected chi connectivity index (χ1v) is 9.20. The predicted molar refractivity (Wildman–Crippen MR) is 104 cm³/mol. The van der Waals surface area contributed by atoms with E-state index in [4.69, 9.17) is 5.73 Å². The molecule has 0 aliphatic carbocycles. The number of amides is 2. The van der Waals surface area contributed by atoms with E-state index in [1.54, 1.807) is 16.9 Å². The summed E-state index contributed by atoms with van der Waals surface area (Å²) in [6, 6.07) is 6.97. The summed E-state index contributed by atoms with van der Waals surface area (Å²) in [7, 11) is 1.94. The van der Waals surface area contributed by atoms with E-state index in [0.29, 0.717) is 13.0 Å². The first-order valence-electron chi connectivity index (χ1n) is 9.20. The minimum atomic E-state index is -0.570. The maximum absolute atomic E-state index is 13.1. The quantitative estimate of drug-likeness (QED) is 0.746. The number of likely N-dealkylation sites (tertiary alicyclic amines) is 1. The Labute approximate surface area is 162 Å². The highest BCUT2D eigenvalue weighted by Crippen LogP contribution is 2.26. The zero-order chi connectivity index (χ0) is 19.8. The molecule has 1 saturated heterocycles. The number of nitrogens with two attached hydrogens (primary N) is 1. The Morgan fingerprint density at radius 3 is 2.71 bits per heavy atom. The van der Waals surface area contributed by atoms with Crippen LogP contribution in [-0.4, -0.2) is 48.6 Å². The molecule has 8 nitrogen and oxygen atoms in total. The lowest BCUT2D eigenvalue weighted by molar-refractivity contribution is -0.121. The molecular weight excluding hydrogens is 356 g/mol. The average molecular weight is 378 g/mol. The predicted octanol–water partition coefficient (Wildman–Crippen LogP) is 1.67. The van der Waals surface area contributed by atoms with Crippen molar-refractivity contribution in [1.82, 2.24) is 24.2 Å². The zero-order valence-electron chi connectivity index (χ0n) is 15.9. The molecule has 144 valence electrons. The molecule has 1 fully saturated rings. The van der Waals surface area contributed by atoms with E-state index in [0.717, 1.165) is 29.1 Å². The Hall–Kier alpha value is -3.42. The maximum Gasteiger partial charge on any atom is 0.275 e. The van der Waals surface area contributed by atoms with Crippen LogP contribution in [0.1, 0.15) is 29.0 Å². The minimum absolute atomic E-state index is 0.280. The second kappa shape index (κ2) is 6.95. The lowest BCUT2D eigenvalue weighted by atomic mass is 10.2. The molecule has 1 aliphatic rings. The van der Waals surface area contributed by atoms with Gasteiger partial charge in [-0.3, -0.25) is 14.6 Å². The standard InChI is InChI=1S/C20H22N6O2/c1-13-5-6-15(11-22-13)26-18(14-7-9-24(2)12-14)10-16(23-26)20(28)25-8-3-4-17(25)19(21)27/h5-7,9-12,17H,3-4,8H2,1-2H3,(H2,21,27)/t17-/m0/s1. The number of primary amides is 1. The molecule has 4 rings (SSSR count). The van der Waals surface area contributed by atoms with Gasteiger partial charge in [-0.1, -0.05) is 0 Å². The van der Waals surface area contributed by atoms with E-state index in [-0.39, 0.29) is 11.6 Å². The van der Waals surface area contributed by atoms with Crippen molar-refractivity contribution in [3.05, 3.63) is 54.2 Å². The number of carbonyl (C=O) groups excluding carboxylic acids is 2. The van der Waals surface area contributed by atoms with E-state index in [1.807, 2.05) is 49.1 Å². The van der Waals surface area contributed by atoms with Gasteiger partial charge in [-0.25, -0.2) is 4.68 Å². The van der Waals surface area contributed by atoms with Gasteiger partial charge in [-0.15, -0.1) is 0 Å². The van der Waals surface area contributed by atoms with Gasteiger partial charge in [0.2, 0.25) is 5.91 Å². The number of carbonyl (C=O) groups is 2. The van der Waals surface area contributed by atoms with Gasteiger partial charge in [-0.05, 0) is 44.0 Å². The highest BCUT2D eigenvalue weighted by molar-refractivity contribution is 5.97. The van der Waals surface area contributed by atoms with Gasteiger partial charge in [0.1, 0.15) is 6.04 Å². The highest BCUT2D eigenvalue weighted by atomic mass is 16.2. The number of aryl methyl sites for hydroxylation is 2. The van der Waals surface area contributed by atoms with Crippen LogP contribution in [0.3, 0.4) is 0 Å². The summed E-state index contributed by atoms with van der Waals surface area (Å²) in [6.07, 6.45) is 6.98. The Kier molecular flexibility index (Phi) is 4.46. The first-order chi connectivity index (χ1) is 13.4. The highest BCUT2D eigenvalue weighted by Gasteiger charge is 2.34. The van der Waals surface area contributed by atoms with Crippen molar-refractivity contribution in [1.29, 1.82) is 0 Å². The van der Waals surface area contributed by atoms with Crippen LogP contribution in [0.15, 0.2) is 42.9 Å². The van der Waals surface area contributed by atoms with Crippen LogP contribution < -0.4 is 5.73 Å². The van der Waals surface area contributed by atoms with Crippen molar-refractivity contribution >= 4 is 11.8 Å². The minimum Gasteiger partial charge on any atom is -0.368 e. The van der Waals surface area contributed by atoms with Gasteiger partial charge >= 0.3 is 0 Å².